The number of imide groups is 1. The van der Waals surface area contributed by atoms with Crippen molar-refractivity contribution in [3.8, 4) is 5.75 Å². The van der Waals surface area contributed by atoms with E-state index in [4.69, 9.17) is 26.9 Å². The molecule has 4 N–H and O–H groups in total. The molecule has 2 fully saturated rings. The van der Waals surface area contributed by atoms with Crippen molar-refractivity contribution in [3.05, 3.63) is 107 Å². The van der Waals surface area contributed by atoms with Crippen LogP contribution in [0.4, 0.5) is 5.69 Å². The number of aliphatic hydroxyl groups excluding tert-OH is 3. The van der Waals surface area contributed by atoms with Gasteiger partial charge in [-0.3, -0.25) is 28.9 Å². The fourth-order valence-corrected chi connectivity index (χ4v) is 8.08. The van der Waals surface area contributed by atoms with E-state index >= 15 is 0 Å². The Balaban J connectivity index is 0.00000232. The number of nitrogens with zero attached hydrogens (tertiary/aromatic N) is 3. The minimum atomic E-state index is -1.96. The number of ether oxygens (including phenoxy) is 2. The number of ketones is 2. The Morgan fingerprint density at radius 2 is 1.67 bits per heavy atom. The van der Waals surface area contributed by atoms with Gasteiger partial charge >= 0.3 is 6.15 Å². The van der Waals surface area contributed by atoms with Gasteiger partial charge in [0, 0.05) is 85.5 Å². The summed E-state index contributed by atoms with van der Waals surface area (Å²) >= 11 is 0. The van der Waals surface area contributed by atoms with Crippen LogP contribution in [0.5, 0.6) is 5.75 Å². The maximum Gasteiger partial charge on any atom is 0.373 e. The van der Waals surface area contributed by atoms with Crippen molar-refractivity contribution in [1.29, 1.82) is 0 Å². The molecule has 5 atom stereocenters. The van der Waals surface area contributed by atoms with Crippen LogP contribution in [0.3, 0.4) is 0 Å². The van der Waals surface area contributed by atoms with Crippen LogP contribution in [0.25, 0.3) is 6.08 Å². The predicted octanol–water partition coefficient (Wildman–Crippen LogP) is 3.39. The molecular formula is C49H60BN4O12U+. The molecule has 4 heterocycles. The molecular weight excluding hydrogens is 1090 g/mol. The number of nitrogens with one attached hydrogen (secondary N) is 1. The minimum Gasteiger partial charge on any atom is -0.460 e. The number of rotatable bonds is 18. The molecule has 16 nitrogen and oxygen atoms in total. The number of hydrogen-bond acceptors (Lipinski definition) is 13. The van der Waals surface area contributed by atoms with Crippen molar-refractivity contribution in [2.24, 2.45) is 5.92 Å². The number of hydrogen-bond donors (Lipinski definition) is 4. The van der Waals surface area contributed by atoms with Gasteiger partial charge < -0.3 is 35.0 Å². The second-order valence-electron chi connectivity index (χ2n) is 16.8. The number of likely N-dealkylation sites (tertiary alicyclic amines) is 1. The van der Waals surface area contributed by atoms with Gasteiger partial charge in [-0.1, -0.05) is 44.4 Å². The number of Topliss-reactive ketones (excluding diaryl/α,β-unsaturated/α-hetero) is 1. The first-order chi connectivity index (χ1) is 31.0. The van der Waals surface area contributed by atoms with Crippen LogP contribution in [-0.2, 0) is 40.0 Å². The van der Waals surface area contributed by atoms with Crippen LogP contribution >= 0.6 is 0 Å². The average molecular weight is 1150 g/mol. The third-order valence-corrected chi connectivity index (χ3v) is 11.7. The molecule has 3 aliphatic heterocycles. The minimum absolute atomic E-state index is 0. The average Bonchev–Trinajstić information content (AvgIpc) is 3.63. The van der Waals surface area contributed by atoms with Crippen LogP contribution in [0.1, 0.15) is 91.9 Å². The maximum atomic E-state index is 13.4. The zero-order chi connectivity index (χ0) is 47.3. The third kappa shape index (κ3) is 15.5. The molecule has 0 bridgehead atoms. The first-order valence-electron chi connectivity index (χ1n) is 21.7. The molecule has 67 heavy (non-hydrogen) atoms. The van der Waals surface area contributed by atoms with E-state index in [1.807, 2.05) is 71.2 Å². The van der Waals surface area contributed by atoms with Crippen molar-refractivity contribution in [1.82, 2.24) is 9.80 Å². The van der Waals surface area contributed by atoms with Gasteiger partial charge in [-0.05, 0) is 94.0 Å². The summed E-state index contributed by atoms with van der Waals surface area (Å²) in [4.78, 5) is 82.7. The molecule has 3 aliphatic rings. The van der Waals surface area contributed by atoms with Gasteiger partial charge in [0.1, 0.15) is 31.9 Å². The third-order valence-electron chi connectivity index (χ3n) is 11.7. The van der Waals surface area contributed by atoms with E-state index in [0.29, 0.717) is 35.0 Å². The van der Waals surface area contributed by atoms with Gasteiger partial charge in [0.05, 0.1) is 24.3 Å². The number of aromatic nitrogens is 1. The van der Waals surface area contributed by atoms with Crippen LogP contribution in [-0.4, -0.2) is 125 Å². The Bertz CT molecular complexity index is 2290. The smallest absolute Gasteiger partial charge is 0.373 e. The van der Waals surface area contributed by atoms with E-state index in [2.05, 4.69) is 5.32 Å². The molecule has 0 aliphatic carbocycles. The van der Waals surface area contributed by atoms with Gasteiger partial charge in [-0.15, -0.1) is 0 Å². The topological polar surface area (TPSA) is 221 Å². The number of pyridine rings is 1. The number of anilines is 1. The summed E-state index contributed by atoms with van der Waals surface area (Å²) in [7, 11) is 6.23. The summed E-state index contributed by atoms with van der Waals surface area (Å²) in [6.07, 6.45) is 10.2. The fraction of sp³-hybridized carbons (Fsp3) is 0.449. The zero-order valence-electron chi connectivity index (χ0n) is 37.4. The second kappa shape index (κ2) is 26.5. The predicted molar refractivity (Wildman–Crippen MR) is 243 cm³/mol. The van der Waals surface area contributed by atoms with Crippen molar-refractivity contribution in [2.75, 3.05) is 31.6 Å². The number of allylic oxidation sites excluding steroid dienone is 1. The number of benzene rings is 2. The Morgan fingerprint density at radius 3 is 2.34 bits per heavy atom. The maximum absolute atomic E-state index is 13.4. The number of carbonyl (C=O) groups is 5. The molecule has 3 unspecified atom stereocenters. The zero-order valence-corrected chi connectivity index (χ0v) is 41.6. The molecule has 3 amide bonds. The molecule has 354 valence electrons. The van der Waals surface area contributed by atoms with E-state index in [9.17, 15) is 39.3 Å². The van der Waals surface area contributed by atoms with E-state index < -0.39 is 54.2 Å². The molecule has 6 rings (SSSR count). The summed E-state index contributed by atoms with van der Waals surface area (Å²) in [5, 5.41) is 33.8. The van der Waals surface area contributed by atoms with Gasteiger partial charge in [0.2, 0.25) is 6.29 Å². The molecule has 1 aromatic heterocycles. The fourth-order valence-electron chi connectivity index (χ4n) is 8.08. The van der Waals surface area contributed by atoms with Crippen LogP contribution < -0.4 is 14.6 Å². The Hall–Kier alpha value is -5.04. The largest absolute Gasteiger partial charge is 0.460 e. The molecule has 2 saturated heterocycles. The summed E-state index contributed by atoms with van der Waals surface area (Å²) in [5.41, 5.74) is 2.35. The summed E-state index contributed by atoms with van der Waals surface area (Å²) < 4.78 is 13.4. The van der Waals surface area contributed by atoms with Crippen LogP contribution in [0.2, 0.25) is 0 Å². The van der Waals surface area contributed by atoms with Crippen LogP contribution in [0, 0.1) is 50.9 Å². The molecule has 0 saturated carbocycles. The molecule has 0 spiro atoms. The number of piperidine rings is 1. The Morgan fingerprint density at radius 1 is 0.985 bits per heavy atom. The van der Waals surface area contributed by atoms with Crippen molar-refractivity contribution < 1.29 is 94.0 Å². The van der Waals surface area contributed by atoms with Crippen molar-refractivity contribution in [2.45, 2.75) is 110 Å². The first-order valence-corrected chi connectivity index (χ1v) is 21.7. The summed E-state index contributed by atoms with van der Waals surface area (Å²) in [5.74, 6) is -1.13. The SMILES string of the molecule is C.O=C=O.[B]C(C)(C(=O)CNc1cc(C[n+]2cccc(/C=C/C(=O)CCCCCC3CCN(C(=O)c4cccc(C)c4)CC3)c2)cc(C)c1OC1OCC(O)[C@H](O)[C@@H]1O)N1C(=O)C=CC1=O.[U]. The number of unbranched alkanes of at least 4 members (excludes halogenated alkanes) is 2. The summed E-state index contributed by atoms with van der Waals surface area (Å²) in [6, 6.07) is 15.1. The van der Waals surface area contributed by atoms with Crippen LogP contribution in [0.15, 0.2) is 79.2 Å². The number of aryl methyl sites for hydroxylation is 2. The quantitative estimate of drug-likeness (QED) is 0.0473. The number of amides is 3. The van der Waals surface area contributed by atoms with E-state index in [0.717, 1.165) is 86.0 Å². The van der Waals surface area contributed by atoms with Gasteiger partial charge in [-0.2, -0.15) is 9.59 Å². The van der Waals surface area contributed by atoms with E-state index in [1.54, 1.807) is 25.1 Å². The van der Waals surface area contributed by atoms with E-state index in [1.165, 1.54) is 6.92 Å². The standard InChI is InChI=1S/C47H56BN4O10.CO2.CH4.U/c1-30-9-7-12-35(23-30)45(60)51-21-18-32(19-22-51)10-5-4-6-13-36(53)15-14-33-11-8-20-50(27-33)28-34-24-31(2)44(62-46-43(59)42(58)38(54)29-61-46)37(25-34)49-26-39(55)47(3,48)52-40(56)16-17-41(52)57;2-1-3;;/h7-9,11-12,14-17,20,23-25,27,32,38,42-43,46,49,54,58-59H,4-6,10,13,18-19,21-22,26,28-29H2,1-3H3;;1H4;/q+1;;;/b15-14+;;;/t38?,42-,43-,46?,47?;;;/m0.../s1. The molecule has 2 radical (unpaired) electrons. The molecule has 2 aromatic carbocycles. The molecule has 18 heteroatoms. The van der Waals surface area contributed by atoms with Crippen molar-refractivity contribution >= 4 is 55.0 Å². The second-order valence-corrected chi connectivity index (χ2v) is 16.8. The van der Waals surface area contributed by atoms with Gasteiger partial charge in [0.25, 0.3) is 17.7 Å². The normalized spacial score (nSPS) is 20.1. The summed E-state index contributed by atoms with van der Waals surface area (Å²) in [6.45, 7) is 6.25. The molecule has 3 aromatic rings. The Kier molecular flexibility index (Phi) is 22.2. The Labute approximate surface area is 416 Å². The van der Waals surface area contributed by atoms with Crippen molar-refractivity contribution in [3.63, 3.8) is 0 Å². The number of aliphatic hydroxyl groups is 3. The monoisotopic (exact) mass is 1150 g/mol. The van der Waals surface area contributed by atoms with Gasteiger partial charge in [-0.25, -0.2) is 4.57 Å². The first kappa shape index (κ1) is 56.3. The van der Waals surface area contributed by atoms with Gasteiger partial charge in [0.15, 0.2) is 30.5 Å². The number of carbonyl (C=O) groups excluding carboxylic acids is 7. The van der Waals surface area contributed by atoms with E-state index in [-0.39, 0.29) is 68.7 Å².